The fourth-order valence-corrected chi connectivity index (χ4v) is 6.11. The lowest BCUT2D eigenvalue weighted by molar-refractivity contribution is -0.147. The Morgan fingerprint density at radius 1 is 1.14 bits per heavy atom. The first-order valence-electron chi connectivity index (χ1n) is 12.9. The number of nitrogen functional groups attached to an aromatic ring is 1. The van der Waals surface area contributed by atoms with E-state index in [4.69, 9.17) is 10.7 Å². The number of hydrogen-bond acceptors (Lipinski definition) is 8. The van der Waals surface area contributed by atoms with Crippen molar-refractivity contribution in [2.24, 2.45) is 0 Å². The average Bonchev–Trinajstić information content (AvgIpc) is 3.36. The highest BCUT2D eigenvalue weighted by Crippen LogP contribution is 2.48. The van der Waals surface area contributed by atoms with Gasteiger partial charge >= 0.3 is 0 Å². The molecule has 3 aliphatic rings. The van der Waals surface area contributed by atoms with Gasteiger partial charge in [0, 0.05) is 35.3 Å². The third kappa shape index (κ3) is 3.81. The molecule has 5 heterocycles. The first kappa shape index (κ1) is 24.0. The summed E-state index contributed by atoms with van der Waals surface area (Å²) in [5.41, 5.74) is 7.89. The lowest BCUT2D eigenvalue weighted by atomic mass is 9.85. The standard InChI is InChI=1S/C27H32N6O4/c1-14(34)21-22(16-10-17-5-6-18(11-16)32(17)25(35)27(37)8-9-27)31-24-19(13-30-33(24)23(21)28)15-4-7-20(29-12-15)26(2,3)36/h4,7,12-13,16-18,36-37H,5-6,8-11,28H2,1-3H3. The highest BCUT2D eigenvalue weighted by Gasteiger charge is 2.55. The molecule has 0 spiro atoms. The number of anilines is 1. The second-order valence-electron chi connectivity index (χ2n) is 11.4. The third-order valence-electron chi connectivity index (χ3n) is 8.24. The number of pyridine rings is 1. The topological polar surface area (TPSA) is 147 Å². The Hall–Kier alpha value is -3.37. The highest BCUT2D eigenvalue weighted by atomic mass is 16.3. The van der Waals surface area contributed by atoms with Crippen LogP contribution in [-0.4, -0.2) is 64.1 Å². The number of hydrogen-bond donors (Lipinski definition) is 3. The van der Waals surface area contributed by atoms with Crippen LogP contribution in [0.4, 0.5) is 5.82 Å². The molecule has 0 radical (unpaired) electrons. The number of fused-ring (bicyclic) bond motifs is 3. The minimum Gasteiger partial charge on any atom is -0.384 e. The normalized spacial score (nSPS) is 24.5. The van der Waals surface area contributed by atoms with Crippen molar-refractivity contribution in [3.05, 3.63) is 41.5 Å². The number of ketones is 1. The average molecular weight is 505 g/mol. The summed E-state index contributed by atoms with van der Waals surface area (Å²) in [7, 11) is 0. The molecule has 3 fully saturated rings. The van der Waals surface area contributed by atoms with Crippen molar-refractivity contribution in [2.75, 3.05) is 5.73 Å². The number of nitrogens with two attached hydrogens (primary N) is 1. The first-order chi connectivity index (χ1) is 17.5. The molecule has 2 bridgehead atoms. The maximum absolute atomic E-state index is 13.0. The molecule has 4 N–H and O–H groups in total. The monoisotopic (exact) mass is 504 g/mol. The molecule has 1 saturated carbocycles. The quantitative estimate of drug-likeness (QED) is 0.449. The van der Waals surface area contributed by atoms with Gasteiger partial charge in [0.15, 0.2) is 11.4 Å². The molecule has 1 amide bonds. The molecule has 3 aromatic heterocycles. The van der Waals surface area contributed by atoms with Crippen molar-refractivity contribution >= 4 is 23.2 Å². The van der Waals surface area contributed by atoms with Crippen LogP contribution >= 0.6 is 0 Å². The van der Waals surface area contributed by atoms with E-state index >= 15 is 0 Å². The number of nitrogens with zero attached hydrogens (tertiary/aromatic N) is 5. The molecule has 6 rings (SSSR count). The largest absolute Gasteiger partial charge is 0.384 e. The Bertz CT molecular complexity index is 1410. The first-order valence-corrected chi connectivity index (χ1v) is 12.9. The zero-order valence-electron chi connectivity index (χ0n) is 21.3. The van der Waals surface area contributed by atoms with Crippen molar-refractivity contribution in [1.29, 1.82) is 0 Å². The highest BCUT2D eigenvalue weighted by molar-refractivity contribution is 6.00. The molecule has 37 heavy (non-hydrogen) atoms. The molecular weight excluding hydrogens is 472 g/mol. The molecule has 10 heteroatoms. The van der Waals surface area contributed by atoms with Gasteiger partial charge in [0.05, 0.1) is 23.1 Å². The van der Waals surface area contributed by atoms with Crippen molar-refractivity contribution < 1.29 is 19.8 Å². The number of amides is 1. The number of aliphatic hydroxyl groups is 2. The van der Waals surface area contributed by atoms with Crippen molar-refractivity contribution in [3.8, 4) is 11.1 Å². The van der Waals surface area contributed by atoms with Crippen molar-refractivity contribution in [2.45, 2.75) is 88.5 Å². The summed E-state index contributed by atoms with van der Waals surface area (Å²) < 4.78 is 1.50. The maximum Gasteiger partial charge on any atom is 0.255 e. The van der Waals surface area contributed by atoms with Crippen LogP contribution in [0.25, 0.3) is 16.8 Å². The SMILES string of the molecule is CC(=O)c1c(C2CC3CCC(C2)N3C(=O)C2(O)CC2)nc2c(-c3ccc(C(C)(C)O)nc3)cnn2c1N. The second-order valence-corrected chi connectivity index (χ2v) is 11.4. The van der Waals surface area contributed by atoms with Crippen LogP contribution in [0.3, 0.4) is 0 Å². The predicted octanol–water partition coefficient (Wildman–Crippen LogP) is 2.57. The molecule has 2 unspecified atom stereocenters. The van der Waals surface area contributed by atoms with E-state index in [0.29, 0.717) is 48.3 Å². The number of Topliss-reactive ketones (excluding diaryl/α,β-unsaturated/α-hetero) is 1. The smallest absolute Gasteiger partial charge is 0.255 e. The zero-order valence-corrected chi connectivity index (χ0v) is 21.3. The summed E-state index contributed by atoms with van der Waals surface area (Å²) in [5, 5.41) is 25.1. The molecular formula is C27H32N6O4. The number of carbonyl (C=O) groups is 2. The molecule has 2 atom stereocenters. The van der Waals surface area contributed by atoms with E-state index in [1.807, 2.05) is 11.0 Å². The number of aromatic nitrogens is 4. The summed E-state index contributed by atoms with van der Waals surface area (Å²) in [6.07, 6.45) is 7.51. The van der Waals surface area contributed by atoms with Gasteiger partial charge in [0.25, 0.3) is 5.91 Å². The van der Waals surface area contributed by atoms with E-state index in [-0.39, 0.29) is 35.5 Å². The molecule has 2 aliphatic heterocycles. The third-order valence-corrected chi connectivity index (χ3v) is 8.24. The number of piperidine rings is 1. The summed E-state index contributed by atoms with van der Waals surface area (Å²) in [4.78, 5) is 37.1. The van der Waals surface area contributed by atoms with E-state index in [0.717, 1.165) is 24.0 Å². The Morgan fingerprint density at radius 2 is 1.81 bits per heavy atom. The van der Waals surface area contributed by atoms with Gasteiger partial charge in [0.1, 0.15) is 17.0 Å². The molecule has 2 saturated heterocycles. The summed E-state index contributed by atoms with van der Waals surface area (Å²) >= 11 is 0. The Labute approximate surface area is 214 Å². The molecule has 3 aromatic rings. The summed E-state index contributed by atoms with van der Waals surface area (Å²) in [5.74, 6) is -0.112. The van der Waals surface area contributed by atoms with E-state index in [1.165, 1.54) is 11.4 Å². The Kier molecular flexibility index (Phi) is 5.23. The fraction of sp³-hybridized carbons (Fsp3) is 0.519. The lowest BCUT2D eigenvalue weighted by Crippen LogP contribution is -2.51. The van der Waals surface area contributed by atoms with E-state index in [9.17, 15) is 19.8 Å². The summed E-state index contributed by atoms with van der Waals surface area (Å²) in [6, 6.07) is 3.66. The number of carbonyl (C=O) groups excluding carboxylic acids is 2. The minimum absolute atomic E-state index is 0.0166. The maximum atomic E-state index is 13.0. The fourth-order valence-electron chi connectivity index (χ4n) is 6.11. The van der Waals surface area contributed by atoms with Crippen LogP contribution in [0.15, 0.2) is 24.5 Å². The molecule has 0 aromatic carbocycles. The minimum atomic E-state index is -1.18. The van der Waals surface area contributed by atoms with Gasteiger partial charge < -0.3 is 20.8 Å². The van der Waals surface area contributed by atoms with Gasteiger partial charge in [-0.05, 0) is 65.4 Å². The van der Waals surface area contributed by atoms with Crippen LogP contribution < -0.4 is 5.73 Å². The van der Waals surface area contributed by atoms with Gasteiger partial charge in [-0.1, -0.05) is 6.07 Å². The molecule has 194 valence electrons. The number of rotatable bonds is 5. The predicted molar refractivity (Wildman–Crippen MR) is 136 cm³/mol. The van der Waals surface area contributed by atoms with E-state index in [1.54, 1.807) is 32.3 Å². The van der Waals surface area contributed by atoms with Crippen LogP contribution in [0.1, 0.15) is 87.0 Å². The second kappa shape index (κ2) is 8.06. The molecule has 1 aliphatic carbocycles. The van der Waals surface area contributed by atoms with Gasteiger partial charge in [-0.25, -0.2) is 4.98 Å². The van der Waals surface area contributed by atoms with E-state index in [2.05, 4.69) is 10.1 Å². The zero-order chi connectivity index (χ0) is 26.3. The van der Waals surface area contributed by atoms with E-state index < -0.39 is 11.2 Å². The molecule has 10 nitrogen and oxygen atoms in total. The Balaban J connectivity index is 1.40. The summed E-state index contributed by atoms with van der Waals surface area (Å²) in [6.45, 7) is 4.85. The van der Waals surface area contributed by atoms with Gasteiger partial charge in [-0.2, -0.15) is 9.61 Å². The van der Waals surface area contributed by atoms with Crippen LogP contribution in [0.5, 0.6) is 0 Å². The van der Waals surface area contributed by atoms with Crippen LogP contribution in [-0.2, 0) is 10.4 Å². The van der Waals surface area contributed by atoms with Crippen molar-refractivity contribution in [3.63, 3.8) is 0 Å². The lowest BCUT2D eigenvalue weighted by Gasteiger charge is -2.40. The van der Waals surface area contributed by atoms with Gasteiger partial charge in [0.2, 0.25) is 0 Å². The van der Waals surface area contributed by atoms with Gasteiger partial charge in [-0.15, -0.1) is 0 Å². The Morgan fingerprint density at radius 3 is 2.35 bits per heavy atom. The van der Waals surface area contributed by atoms with Crippen molar-refractivity contribution in [1.82, 2.24) is 24.5 Å². The van der Waals surface area contributed by atoms with Crippen LogP contribution in [0, 0.1) is 0 Å². The van der Waals surface area contributed by atoms with Gasteiger partial charge in [-0.3, -0.25) is 14.6 Å². The van der Waals surface area contributed by atoms with Crippen LogP contribution in [0.2, 0.25) is 0 Å².